The summed E-state index contributed by atoms with van der Waals surface area (Å²) < 4.78 is 56.7. The number of halogens is 6. The molecule has 13 nitrogen and oxygen atoms in total. The lowest BCUT2D eigenvalue weighted by atomic mass is 9.81. The molecule has 2 heterocycles. The molecule has 3 amide bonds. The molecule has 19 heteroatoms. The minimum atomic E-state index is -2.01. The standard InChI is InChI=1S/C45H52Cl3F3N4O9/c1-28-8-10-30(11-9-28)20-21-53(32-16-17-32)41(56)38-34(31-14-12-29(13-15-31)7-6-23-61-40-36(50)19-18-35(49)39(40)51)25-33-26-52(42(57)62-22-4-5-24-63-55(59)60)27-37(38)54(33)43(58)64-44(2,3)45(46,47)48/h8-15,18-19,32-33,37,59-60H,4-7,16-17,20-27H2,1-3H3. The Morgan fingerprint density at radius 1 is 0.812 bits per heavy atom. The Labute approximate surface area is 385 Å². The van der Waals surface area contributed by atoms with Crippen molar-refractivity contribution in [3.8, 4) is 5.75 Å². The van der Waals surface area contributed by atoms with E-state index < -0.39 is 62.3 Å². The number of carbonyl (C=O) groups is 3. The van der Waals surface area contributed by atoms with Crippen LogP contribution >= 0.6 is 34.8 Å². The molecule has 6 rings (SSSR count). The molecule has 348 valence electrons. The lowest BCUT2D eigenvalue weighted by Crippen LogP contribution is -2.66. The number of alkyl halides is 3. The predicted octanol–water partition coefficient (Wildman–Crippen LogP) is 9.38. The van der Waals surface area contributed by atoms with Gasteiger partial charge in [0.15, 0.2) is 23.0 Å². The third-order valence-electron chi connectivity index (χ3n) is 11.5. The van der Waals surface area contributed by atoms with E-state index in [0.717, 1.165) is 35.6 Å². The lowest BCUT2D eigenvalue weighted by molar-refractivity contribution is -0.492. The highest BCUT2D eigenvalue weighted by Gasteiger charge is 2.52. The normalized spacial score (nSPS) is 17.8. The molecule has 2 unspecified atom stereocenters. The smallest absolute Gasteiger partial charge is 0.411 e. The van der Waals surface area contributed by atoms with Crippen LogP contribution in [0.15, 0.2) is 66.2 Å². The van der Waals surface area contributed by atoms with E-state index in [2.05, 4.69) is 4.84 Å². The van der Waals surface area contributed by atoms with Gasteiger partial charge in [0.25, 0.3) is 5.91 Å². The maximum Gasteiger partial charge on any atom is 0.411 e. The van der Waals surface area contributed by atoms with Crippen LogP contribution in [-0.2, 0) is 31.9 Å². The molecule has 2 atom stereocenters. The summed E-state index contributed by atoms with van der Waals surface area (Å²) in [6, 6.07) is 15.3. The summed E-state index contributed by atoms with van der Waals surface area (Å²) in [5.74, 6) is -4.67. The first kappa shape index (κ1) is 49.2. The van der Waals surface area contributed by atoms with Crippen LogP contribution in [0, 0.1) is 24.4 Å². The minimum Gasteiger partial charge on any atom is -0.488 e. The summed E-state index contributed by atoms with van der Waals surface area (Å²) in [4.78, 5) is 52.7. The Kier molecular flexibility index (Phi) is 16.4. The van der Waals surface area contributed by atoms with Gasteiger partial charge >= 0.3 is 12.2 Å². The van der Waals surface area contributed by atoms with Gasteiger partial charge in [0.05, 0.1) is 37.3 Å². The molecule has 64 heavy (non-hydrogen) atoms. The molecular weight excluding hydrogens is 904 g/mol. The van der Waals surface area contributed by atoms with E-state index in [9.17, 15) is 22.8 Å². The van der Waals surface area contributed by atoms with Gasteiger partial charge in [-0.25, -0.2) is 18.4 Å². The van der Waals surface area contributed by atoms with E-state index >= 15 is 4.79 Å². The molecule has 0 radical (unpaired) electrons. The fourth-order valence-electron chi connectivity index (χ4n) is 7.77. The van der Waals surface area contributed by atoms with Crippen LogP contribution in [0.25, 0.3) is 5.57 Å². The van der Waals surface area contributed by atoms with Crippen LogP contribution in [0.4, 0.5) is 22.8 Å². The average Bonchev–Trinajstić information content (AvgIpc) is 4.08. The predicted molar refractivity (Wildman–Crippen MR) is 232 cm³/mol. The number of nitrogens with zero attached hydrogens (tertiary/aromatic N) is 4. The molecule has 2 bridgehead atoms. The highest BCUT2D eigenvalue weighted by molar-refractivity contribution is 6.68. The molecular formula is C45H52Cl3F3N4O9. The van der Waals surface area contributed by atoms with Gasteiger partial charge in [-0.3, -0.25) is 24.9 Å². The van der Waals surface area contributed by atoms with E-state index in [-0.39, 0.29) is 51.3 Å². The van der Waals surface area contributed by atoms with Crippen molar-refractivity contribution < 1.29 is 57.0 Å². The van der Waals surface area contributed by atoms with E-state index in [1.54, 1.807) is 0 Å². The van der Waals surface area contributed by atoms with Gasteiger partial charge in [-0.1, -0.05) is 88.9 Å². The molecule has 1 aliphatic carbocycles. The highest BCUT2D eigenvalue weighted by atomic mass is 35.6. The Morgan fingerprint density at radius 3 is 2.11 bits per heavy atom. The van der Waals surface area contributed by atoms with Gasteiger partial charge in [0.2, 0.25) is 9.61 Å². The van der Waals surface area contributed by atoms with Gasteiger partial charge in [-0.15, -0.1) is 0 Å². The summed E-state index contributed by atoms with van der Waals surface area (Å²) in [6.45, 7) is 5.09. The number of rotatable bonds is 18. The highest BCUT2D eigenvalue weighted by Crippen LogP contribution is 2.44. The molecule has 2 fully saturated rings. The zero-order chi connectivity index (χ0) is 46.3. The van der Waals surface area contributed by atoms with E-state index in [4.69, 9.17) is 59.4 Å². The Hall–Kier alpha value is -4.29. The number of aryl methyl sites for hydroxylation is 2. The largest absolute Gasteiger partial charge is 0.488 e. The minimum absolute atomic E-state index is 0.00746. The summed E-state index contributed by atoms with van der Waals surface area (Å²) in [5, 5.41) is 17.2. The van der Waals surface area contributed by atoms with Crippen LogP contribution in [0.3, 0.4) is 0 Å². The third-order valence-corrected chi connectivity index (χ3v) is 12.9. The quantitative estimate of drug-likeness (QED) is 0.0549. The van der Waals surface area contributed by atoms with Crippen molar-refractivity contribution in [1.82, 2.24) is 20.1 Å². The number of unbranched alkanes of at least 4 members (excludes halogenated alkanes) is 1. The first-order valence-corrected chi connectivity index (χ1v) is 22.2. The van der Waals surface area contributed by atoms with Crippen LogP contribution < -0.4 is 4.74 Å². The number of hydrogen-bond donors (Lipinski definition) is 2. The summed E-state index contributed by atoms with van der Waals surface area (Å²) in [7, 11) is 0. The number of hydrogen-bond acceptors (Lipinski definition) is 10. The topological polar surface area (TPSA) is 142 Å². The molecule has 1 saturated heterocycles. The average molecular weight is 956 g/mol. The van der Waals surface area contributed by atoms with Gasteiger partial charge in [0.1, 0.15) is 0 Å². The Morgan fingerprint density at radius 2 is 1.45 bits per heavy atom. The van der Waals surface area contributed by atoms with Crippen molar-refractivity contribution in [1.29, 1.82) is 0 Å². The number of ether oxygens (including phenoxy) is 3. The number of fused-ring (bicyclic) bond motifs is 2. The molecule has 0 aromatic heterocycles. The number of amides is 3. The second-order valence-electron chi connectivity index (χ2n) is 16.6. The van der Waals surface area contributed by atoms with Crippen molar-refractivity contribution in [2.24, 2.45) is 0 Å². The van der Waals surface area contributed by atoms with E-state index in [1.165, 1.54) is 23.6 Å². The first-order valence-electron chi connectivity index (χ1n) is 21.1. The van der Waals surface area contributed by atoms with Crippen molar-refractivity contribution in [3.05, 3.63) is 106 Å². The fraction of sp³-hybridized carbons (Fsp3) is 0.489. The van der Waals surface area contributed by atoms with E-state index in [0.29, 0.717) is 61.4 Å². The molecule has 2 aliphatic heterocycles. The molecule has 3 aliphatic rings. The lowest BCUT2D eigenvalue weighted by Gasteiger charge is -2.51. The molecule has 1 saturated carbocycles. The van der Waals surface area contributed by atoms with Crippen molar-refractivity contribution in [2.75, 3.05) is 39.5 Å². The van der Waals surface area contributed by atoms with E-state index in [1.807, 2.05) is 60.4 Å². The second-order valence-corrected chi connectivity index (χ2v) is 18.9. The Balaban J connectivity index is 1.31. The SMILES string of the molecule is Cc1ccc(CCN(C(=O)C2=C(c3ccc(CCCOc4c(F)ccc(F)c4F)cc3)CC3CN(C(=O)OCCCCON(O)O)CC2N3C(=O)OC(C)(C)C(Cl)(Cl)Cl)C2CC2)cc1. The van der Waals surface area contributed by atoms with Gasteiger partial charge in [0, 0.05) is 31.2 Å². The van der Waals surface area contributed by atoms with Crippen molar-refractivity contribution >= 4 is 58.5 Å². The first-order chi connectivity index (χ1) is 30.3. The van der Waals surface area contributed by atoms with Crippen molar-refractivity contribution in [2.45, 2.75) is 99.7 Å². The zero-order valence-electron chi connectivity index (χ0n) is 35.7. The van der Waals surface area contributed by atoms with Crippen LogP contribution in [0.1, 0.15) is 74.6 Å². The number of carbonyl (C=O) groups excluding carboxylic acids is 3. The Bertz CT molecular complexity index is 2160. The number of benzene rings is 3. The number of piperazine rings is 1. The van der Waals surface area contributed by atoms with Crippen LogP contribution in [-0.4, -0.2) is 116 Å². The summed E-state index contributed by atoms with van der Waals surface area (Å²) in [5.41, 5.74) is 3.13. The molecule has 3 aromatic carbocycles. The summed E-state index contributed by atoms with van der Waals surface area (Å²) in [6.07, 6.45) is 2.32. The van der Waals surface area contributed by atoms with Crippen LogP contribution in [0.5, 0.6) is 5.75 Å². The maximum absolute atomic E-state index is 15.3. The zero-order valence-corrected chi connectivity index (χ0v) is 38.0. The molecule has 2 N–H and O–H groups in total. The third kappa shape index (κ3) is 12.3. The van der Waals surface area contributed by atoms with Crippen LogP contribution in [0.2, 0.25) is 0 Å². The van der Waals surface area contributed by atoms with Gasteiger partial charge in [-0.2, -0.15) is 4.39 Å². The summed E-state index contributed by atoms with van der Waals surface area (Å²) >= 11 is 18.8. The molecule has 0 spiro atoms. The second kappa shape index (κ2) is 21.3. The fourth-order valence-corrected chi connectivity index (χ4v) is 7.88. The van der Waals surface area contributed by atoms with Crippen molar-refractivity contribution in [3.63, 3.8) is 0 Å². The van der Waals surface area contributed by atoms with Gasteiger partial charge < -0.3 is 24.0 Å². The molecule has 3 aromatic rings. The van der Waals surface area contributed by atoms with Gasteiger partial charge in [-0.05, 0) is 107 Å². The monoisotopic (exact) mass is 954 g/mol. The maximum atomic E-state index is 15.3.